The molecule has 1 spiro atoms. The van der Waals surface area contributed by atoms with Crippen LogP contribution in [0, 0.1) is 0 Å². The van der Waals surface area contributed by atoms with Gasteiger partial charge in [0, 0.05) is 18.7 Å². The minimum atomic E-state index is -0.264. The second-order valence-electron chi connectivity index (χ2n) is 6.48. The summed E-state index contributed by atoms with van der Waals surface area (Å²) in [7, 11) is 0. The fourth-order valence-corrected chi connectivity index (χ4v) is 3.77. The van der Waals surface area contributed by atoms with E-state index in [9.17, 15) is 9.90 Å². The van der Waals surface area contributed by atoms with E-state index >= 15 is 0 Å². The van der Waals surface area contributed by atoms with Gasteiger partial charge < -0.3 is 20.5 Å². The average molecular weight is 339 g/mol. The molecule has 126 valence electrons. The normalized spacial score (nSPS) is 22.4. The van der Waals surface area contributed by atoms with Gasteiger partial charge in [-0.05, 0) is 31.7 Å². The van der Waals surface area contributed by atoms with Gasteiger partial charge in [0.15, 0.2) is 0 Å². The molecule has 1 saturated carbocycles. The van der Waals surface area contributed by atoms with Crippen molar-refractivity contribution < 1.29 is 14.6 Å². The summed E-state index contributed by atoms with van der Waals surface area (Å²) < 4.78 is 6.16. The van der Waals surface area contributed by atoms with Gasteiger partial charge in [0.1, 0.15) is 5.75 Å². The summed E-state index contributed by atoms with van der Waals surface area (Å²) in [5, 5.41) is 15.7. The SMILES string of the molecule is O=C(NCc1cccc(Cl)c1O)NCC1CCC2(CCCC2)O1. The molecular weight excluding hydrogens is 316 g/mol. The van der Waals surface area contributed by atoms with Crippen LogP contribution in [0.2, 0.25) is 5.02 Å². The standard InChI is InChI=1S/C17H23ClN2O3/c18-14-5-3-4-12(15(14)21)10-19-16(22)20-11-13-6-9-17(23-13)7-1-2-8-17/h3-5,13,21H,1-2,6-11H2,(H2,19,20,22). The number of amides is 2. The van der Waals surface area contributed by atoms with E-state index in [4.69, 9.17) is 16.3 Å². The molecule has 1 aromatic rings. The fourth-order valence-electron chi connectivity index (χ4n) is 3.57. The highest BCUT2D eigenvalue weighted by Crippen LogP contribution is 2.43. The number of benzene rings is 1. The average Bonchev–Trinajstić information content (AvgIpc) is 3.17. The molecule has 1 aliphatic carbocycles. The first kappa shape index (κ1) is 16.4. The number of phenolic OH excluding ortho intramolecular Hbond substituents is 1. The molecule has 2 fully saturated rings. The van der Waals surface area contributed by atoms with Gasteiger partial charge in [-0.3, -0.25) is 0 Å². The number of phenols is 1. The molecule has 0 bridgehead atoms. The molecule has 3 rings (SSSR count). The second-order valence-corrected chi connectivity index (χ2v) is 6.89. The molecule has 5 nitrogen and oxygen atoms in total. The Kier molecular flexibility index (Phi) is 4.97. The van der Waals surface area contributed by atoms with E-state index in [0.29, 0.717) is 12.1 Å². The Hall–Kier alpha value is -1.46. The van der Waals surface area contributed by atoms with Crippen molar-refractivity contribution in [1.29, 1.82) is 0 Å². The van der Waals surface area contributed by atoms with Crippen molar-refractivity contribution >= 4 is 17.6 Å². The summed E-state index contributed by atoms with van der Waals surface area (Å²) >= 11 is 5.84. The van der Waals surface area contributed by atoms with Crippen LogP contribution in [-0.2, 0) is 11.3 Å². The first-order valence-corrected chi connectivity index (χ1v) is 8.62. The molecular formula is C17H23ClN2O3. The van der Waals surface area contributed by atoms with Crippen molar-refractivity contribution in [2.45, 2.75) is 56.8 Å². The highest BCUT2D eigenvalue weighted by atomic mass is 35.5. The molecule has 0 radical (unpaired) electrons. The van der Waals surface area contributed by atoms with Crippen LogP contribution in [-0.4, -0.2) is 29.4 Å². The van der Waals surface area contributed by atoms with Crippen LogP contribution in [0.15, 0.2) is 18.2 Å². The summed E-state index contributed by atoms with van der Waals surface area (Å²) in [6.45, 7) is 0.753. The lowest BCUT2D eigenvalue weighted by atomic mass is 9.98. The number of hydrogen-bond donors (Lipinski definition) is 3. The van der Waals surface area contributed by atoms with Crippen molar-refractivity contribution in [3.63, 3.8) is 0 Å². The number of urea groups is 1. The molecule has 1 unspecified atom stereocenters. The largest absolute Gasteiger partial charge is 0.506 e. The minimum absolute atomic E-state index is 0.0109. The number of carbonyl (C=O) groups excluding carboxylic acids is 1. The summed E-state index contributed by atoms with van der Waals surface area (Å²) in [5.74, 6) is 0.0109. The zero-order valence-corrected chi connectivity index (χ0v) is 13.9. The third-order valence-electron chi connectivity index (χ3n) is 4.85. The number of aromatic hydroxyl groups is 1. The third kappa shape index (κ3) is 3.90. The summed E-state index contributed by atoms with van der Waals surface area (Å²) in [4.78, 5) is 11.9. The number of halogens is 1. The van der Waals surface area contributed by atoms with E-state index in [1.165, 1.54) is 12.8 Å². The summed E-state index contributed by atoms with van der Waals surface area (Å²) in [5.41, 5.74) is 0.685. The van der Waals surface area contributed by atoms with Gasteiger partial charge in [-0.15, -0.1) is 0 Å². The number of hydrogen-bond acceptors (Lipinski definition) is 3. The topological polar surface area (TPSA) is 70.6 Å². The minimum Gasteiger partial charge on any atom is -0.506 e. The van der Waals surface area contributed by atoms with Gasteiger partial charge in [-0.2, -0.15) is 0 Å². The lowest BCUT2D eigenvalue weighted by Crippen LogP contribution is -2.40. The summed E-state index contributed by atoms with van der Waals surface area (Å²) in [6, 6.07) is 4.81. The Morgan fingerprint density at radius 3 is 2.87 bits per heavy atom. The molecule has 0 aromatic heterocycles. The number of carbonyl (C=O) groups is 1. The van der Waals surface area contributed by atoms with E-state index in [0.717, 1.165) is 25.7 Å². The first-order valence-electron chi connectivity index (χ1n) is 8.24. The fraction of sp³-hybridized carbons (Fsp3) is 0.588. The van der Waals surface area contributed by atoms with Gasteiger partial charge in [-0.25, -0.2) is 4.79 Å². The van der Waals surface area contributed by atoms with Crippen LogP contribution in [0.4, 0.5) is 4.79 Å². The monoisotopic (exact) mass is 338 g/mol. The molecule has 3 N–H and O–H groups in total. The van der Waals surface area contributed by atoms with Crippen LogP contribution < -0.4 is 10.6 Å². The molecule has 2 amide bonds. The Morgan fingerprint density at radius 2 is 2.09 bits per heavy atom. The van der Waals surface area contributed by atoms with Crippen molar-refractivity contribution in [2.24, 2.45) is 0 Å². The van der Waals surface area contributed by atoms with Crippen LogP contribution in [0.5, 0.6) is 5.75 Å². The second kappa shape index (κ2) is 6.97. The molecule has 1 atom stereocenters. The van der Waals surface area contributed by atoms with E-state index in [-0.39, 0.29) is 35.1 Å². The maximum absolute atomic E-state index is 11.9. The van der Waals surface area contributed by atoms with Crippen molar-refractivity contribution in [2.75, 3.05) is 6.54 Å². The molecule has 1 aliphatic heterocycles. The Bertz CT molecular complexity index is 573. The van der Waals surface area contributed by atoms with Gasteiger partial charge in [-0.1, -0.05) is 36.6 Å². The van der Waals surface area contributed by atoms with Crippen LogP contribution in [0.1, 0.15) is 44.1 Å². The first-order chi connectivity index (χ1) is 11.1. The zero-order chi connectivity index (χ0) is 16.3. The molecule has 1 saturated heterocycles. The van der Waals surface area contributed by atoms with Crippen molar-refractivity contribution in [1.82, 2.24) is 10.6 Å². The summed E-state index contributed by atoms with van der Waals surface area (Å²) in [6.07, 6.45) is 7.05. The lowest BCUT2D eigenvalue weighted by Gasteiger charge is -2.23. The predicted octanol–water partition coefficient (Wildman–Crippen LogP) is 3.34. The third-order valence-corrected chi connectivity index (χ3v) is 5.16. The van der Waals surface area contributed by atoms with Gasteiger partial charge >= 0.3 is 6.03 Å². The number of ether oxygens (including phenoxy) is 1. The van der Waals surface area contributed by atoms with Crippen LogP contribution in [0.3, 0.4) is 0 Å². The number of rotatable bonds is 4. The van der Waals surface area contributed by atoms with Crippen molar-refractivity contribution in [3.8, 4) is 5.75 Å². The van der Waals surface area contributed by atoms with E-state index in [1.54, 1.807) is 18.2 Å². The maximum atomic E-state index is 11.9. The van der Waals surface area contributed by atoms with Crippen molar-refractivity contribution in [3.05, 3.63) is 28.8 Å². The Morgan fingerprint density at radius 1 is 1.30 bits per heavy atom. The quantitative estimate of drug-likeness (QED) is 0.788. The zero-order valence-electron chi connectivity index (χ0n) is 13.1. The van der Waals surface area contributed by atoms with Gasteiger partial charge in [0.05, 0.1) is 16.7 Å². The number of nitrogens with one attached hydrogen (secondary N) is 2. The van der Waals surface area contributed by atoms with Gasteiger partial charge in [0.25, 0.3) is 0 Å². The Labute approximate surface area is 141 Å². The van der Waals surface area contributed by atoms with E-state index in [2.05, 4.69) is 10.6 Å². The maximum Gasteiger partial charge on any atom is 0.315 e. The molecule has 1 aromatic carbocycles. The highest BCUT2D eigenvalue weighted by molar-refractivity contribution is 6.32. The lowest BCUT2D eigenvalue weighted by molar-refractivity contribution is -0.0341. The van der Waals surface area contributed by atoms with E-state index < -0.39 is 0 Å². The number of para-hydroxylation sites is 1. The Balaban J connectivity index is 1.41. The molecule has 6 heteroatoms. The smallest absolute Gasteiger partial charge is 0.315 e. The van der Waals surface area contributed by atoms with Gasteiger partial charge in [0.2, 0.25) is 0 Å². The van der Waals surface area contributed by atoms with Crippen LogP contribution in [0.25, 0.3) is 0 Å². The highest BCUT2D eigenvalue weighted by Gasteiger charge is 2.41. The van der Waals surface area contributed by atoms with Crippen LogP contribution >= 0.6 is 11.6 Å². The molecule has 2 aliphatic rings. The molecule has 23 heavy (non-hydrogen) atoms. The molecule has 1 heterocycles. The predicted molar refractivity (Wildman–Crippen MR) is 88.7 cm³/mol. The van der Waals surface area contributed by atoms with E-state index in [1.807, 2.05) is 0 Å².